The van der Waals surface area contributed by atoms with E-state index in [0.29, 0.717) is 22.9 Å². The van der Waals surface area contributed by atoms with E-state index in [2.05, 4.69) is 4.98 Å². The maximum Gasteiger partial charge on any atom is 0.263 e. The summed E-state index contributed by atoms with van der Waals surface area (Å²) in [6, 6.07) is 5.00. The van der Waals surface area contributed by atoms with E-state index in [1.165, 1.54) is 6.92 Å². The van der Waals surface area contributed by atoms with E-state index in [9.17, 15) is 9.59 Å². The average molecular weight is 189 g/mol. The summed E-state index contributed by atoms with van der Waals surface area (Å²) < 4.78 is 5.16. The highest BCUT2D eigenvalue weighted by atomic mass is 16.4. The van der Waals surface area contributed by atoms with Crippen molar-refractivity contribution in [1.82, 2.24) is 4.98 Å². The molecule has 0 saturated heterocycles. The largest absolute Gasteiger partial charge is 0.433 e. The van der Waals surface area contributed by atoms with Crippen LogP contribution < -0.4 is 0 Å². The minimum Gasteiger partial charge on any atom is -0.433 e. The summed E-state index contributed by atoms with van der Waals surface area (Å²) in [5.41, 5.74) is 1.30. The Morgan fingerprint density at radius 2 is 2.29 bits per heavy atom. The van der Waals surface area contributed by atoms with Gasteiger partial charge in [-0.2, -0.15) is 0 Å². The van der Waals surface area contributed by atoms with Crippen molar-refractivity contribution in [3.63, 3.8) is 0 Å². The van der Waals surface area contributed by atoms with Gasteiger partial charge < -0.3 is 4.42 Å². The molecule has 70 valence electrons. The van der Waals surface area contributed by atoms with Crippen LogP contribution in [0.1, 0.15) is 28.0 Å². The molecule has 14 heavy (non-hydrogen) atoms. The van der Waals surface area contributed by atoms with Crippen molar-refractivity contribution in [2.24, 2.45) is 0 Å². The van der Waals surface area contributed by atoms with Gasteiger partial charge in [0.25, 0.3) is 5.89 Å². The number of benzene rings is 1. The van der Waals surface area contributed by atoms with Crippen LogP contribution in [0.15, 0.2) is 22.6 Å². The Morgan fingerprint density at radius 1 is 1.50 bits per heavy atom. The van der Waals surface area contributed by atoms with Crippen molar-refractivity contribution in [3.05, 3.63) is 29.7 Å². The van der Waals surface area contributed by atoms with Crippen LogP contribution in [0.4, 0.5) is 0 Å². The number of nitrogens with zero attached hydrogens (tertiary/aromatic N) is 1. The third-order valence-electron chi connectivity index (χ3n) is 1.87. The molecule has 0 aliphatic heterocycles. The molecule has 1 aromatic heterocycles. The van der Waals surface area contributed by atoms with Gasteiger partial charge in [-0.15, -0.1) is 0 Å². The monoisotopic (exact) mass is 189 g/mol. The molecule has 2 rings (SSSR count). The van der Waals surface area contributed by atoms with Crippen molar-refractivity contribution in [1.29, 1.82) is 0 Å². The van der Waals surface area contributed by atoms with Crippen molar-refractivity contribution < 1.29 is 14.0 Å². The number of para-hydroxylation sites is 1. The van der Waals surface area contributed by atoms with Crippen LogP contribution in [0.25, 0.3) is 11.1 Å². The van der Waals surface area contributed by atoms with E-state index in [4.69, 9.17) is 4.42 Å². The Labute approximate surface area is 79.5 Å². The number of fused-ring (bicyclic) bond motifs is 1. The lowest BCUT2D eigenvalue weighted by Gasteiger charge is -1.88. The van der Waals surface area contributed by atoms with Gasteiger partial charge in [0.1, 0.15) is 5.52 Å². The first kappa shape index (κ1) is 8.62. The first-order valence-corrected chi connectivity index (χ1v) is 4.08. The second kappa shape index (κ2) is 3.06. The Morgan fingerprint density at radius 3 is 2.93 bits per heavy atom. The van der Waals surface area contributed by atoms with Crippen LogP contribution in [0, 0.1) is 0 Å². The number of ketones is 1. The highest BCUT2D eigenvalue weighted by Gasteiger charge is 2.11. The van der Waals surface area contributed by atoms with Crippen molar-refractivity contribution >= 4 is 23.2 Å². The third kappa shape index (κ3) is 1.21. The number of hydrogen-bond donors (Lipinski definition) is 0. The van der Waals surface area contributed by atoms with Gasteiger partial charge in [-0.1, -0.05) is 6.07 Å². The van der Waals surface area contributed by atoms with Crippen LogP contribution in [0.5, 0.6) is 0 Å². The smallest absolute Gasteiger partial charge is 0.263 e. The number of aldehydes is 1. The maximum absolute atomic E-state index is 11.0. The lowest BCUT2D eigenvalue weighted by atomic mass is 10.2. The summed E-state index contributed by atoms with van der Waals surface area (Å²) in [6.07, 6.45) is 0.678. The van der Waals surface area contributed by atoms with E-state index in [-0.39, 0.29) is 11.7 Å². The van der Waals surface area contributed by atoms with Gasteiger partial charge in [-0.25, -0.2) is 4.98 Å². The minimum atomic E-state index is -0.252. The van der Waals surface area contributed by atoms with Crippen LogP contribution in [-0.2, 0) is 0 Å². The number of carbonyl (C=O) groups is 2. The van der Waals surface area contributed by atoms with E-state index in [0.717, 1.165) is 0 Å². The molecule has 1 heterocycles. The summed E-state index contributed by atoms with van der Waals surface area (Å²) in [7, 11) is 0. The van der Waals surface area contributed by atoms with Crippen molar-refractivity contribution in [2.75, 3.05) is 0 Å². The molecule has 0 saturated carbocycles. The standard InChI is InChI=1S/C10H7NO3/c1-6(13)10-11-8-4-2-3-7(5-12)9(8)14-10/h2-5H,1H3. The van der Waals surface area contributed by atoms with Crippen LogP contribution in [-0.4, -0.2) is 17.1 Å². The van der Waals surface area contributed by atoms with E-state index in [1.807, 2.05) is 0 Å². The van der Waals surface area contributed by atoms with Gasteiger partial charge in [-0.3, -0.25) is 9.59 Å². The third-order valence-corrected chi connectivity index (χ3v) is 1.87. The molecule has 1 aromatic carbocycles. The lowest BCUT2D eigenvalue weighted by Crippen LogP contribution is -1.89. The van der Waals surface area contributed by atoms with E-state index in [1.54, 1.807) is 18.2 Å². The molecule has 0 bridgehead atoms. The fourth-order valence-corrected chi connectivity index (χ4v) is 1.21. The normalized spacial score (nSPS) is 10.4. The predicted molar refractivity (Wildman–Crippen MR) is 49.4 cm³/mol. The maximum atomic E-state index is 11.0. The summed E-state index contributed by atoms with van der Waals surface area (Å²) in [5.74, 6) is -0.215. The molecule has 0 spiro atoms. The Hall–Kier alpha value is -1.97. The molecule has 0 atom stereocenters. The zero-order chi connectivity index (χ0) is 10.1. The molecular weight excluding hydrogens is 182 g/mol. The van der Waals surface area contributed by atoms with E-state index < -0.39 is 0 Å². The number of rotatable bonds is 2. The molecule has 0 aliphatic rings. The number of oxazole rings is 1. The first-order valence-electron chi connectivity index (χ1n) is 4.08. The lowest BCUT2D eigenvalue weighted by molar-refractivity contribution is 0.0981. The fourth-order valence-electron chi connectivity index (χ4n) is 1.21. The number of Topliss-reactive ketones (excluding diaryl/α,β-unsaturated/α-hetero) is 1. The Kier molecular flexibility index (Phi) is 1.89. The second-order valence-electron chi connectivity index (χ2n) is 2.89. The fraction of sp³-hybridized carbons (Fsp3) is 0.100. The summed E-state index contributed by atoms with van der Waals surface area (Å²) >= 11 is 0. The van der Waals surface area contributed by atoms with E-state index >= 15 is 0 Å². The molecule has 0 aliphatic carbocycles. The van der Waals surface area contributed by atoms with Gasteiger partial charge in [0.2, 0.25) is 5.78 Å². The zero-order valence-corrected chi connectivity index (χ0v) is 7.48. The number of carbonyl (C=O) groups excluding carboxylic acids is 2. The van der Waals surface area contributed by atoms with Gasteiger partial charge >= 0.3 is 0 Å². The molecular formula is C10H7NO3. The van der Waals surface area contributed by atoms with Gasteiger partial charge in [0.05, 0.1) is 5.56 Å². The Balaban J connectivity index is 2.76. The van der Waals surface area contributed by atoms with Crippen LogP contribution >= 0.6 is 0 Å². The van der Waals surface area contributed by atoms with Gasteiger partial charge in [-0.05, 0) is 12.1 Å². The number of hydrogen-bond acceptors (Lipinski definition) is 4. The number of aromatic nitrogens is 1. The highest BCUT2D eigenvalue weighted by molar-refractivity contribution is 5.97. The summed E-state index contributed by atoms with van der Waals surface area (Å²) in [4.78, 5) is 25.5. The molecule has 4 nitrogen and oxygen atoms in total. The molecule has 0 fully saturated rings. The Bertz CT molecular complexity index is 513. The van der Waals surface area contributed by atoms with Crippen molar-refractivity contribution in [3.8, 4) is 0 Å². The molecule has 0 amide bonds. The van der Waals surface area contributed by atoms with Crippen molar-refractivity contribution in [2.45, 2.75) is 6.92 Å². The predicted octanol–water partition coefficient (Wildman–Crippen LogP) is 1.84. The molecule has 4 heteroatoms. The first-order chi connectivity index (χ1) is 6.72. The summed E-state index contributed by atoms with van der Waals surface area (Å²) in [5, 5.41) is 0. The van der Waals surface area contributed by atoms with Crippen LogP contribution in [0.2, 0.25) is 0 Å². The molecule has 0 N–H and O–H groups in total. The topological polar surface area (TPSA) is 60.2 Å². The van der Waals surface area contributed by atoms with Gasteiger partial charge in [0, 0.05) is 6.92 Å². The highest BCUT2D eigenvalue weighted by Crippen LogP contribution is 2.18. The second-order valence-corrected chi connectivity index (χ2v) is 2.89. The summed E-state index contributed by atoms with van der Waals surface area (Å²) in [6.45, 7) is 1.37. The quantitative estimate of drug-likeness (QED) is 0.534. The minimum absolute atomic E-state index is 0.0364. The molecule has 0 unspecified atom stereocenters. The zero-order valence-electron chi connectivity index (χ0n) is 7.48. The van der Waals surface area contributed by atoms with Gasteiger partial charge in [0.15, 0.2) is 11.9 Å². The SMILES string of the molecule is CC(=O)c1nc2cccc(C=O)c2o1. The average Bonchev–Trinajstić information content (AvgIpc) is 2.60. The van der Waals surface area contributed by atoms with Crippen LogP contribution in [0.3, 0.4) is 0 Å². The molecule has 0 radical (unpaired) electrons. The molecule has 2 aromatic rings.